The maximum Gasteiger partial charge on any atom is 0.337 e. The molecule has 0 saturated heterocycles. The maximum absolute atomic E-state index is 13.0. The van der Waals surface area contributed by atoms with Crippen LogP contribution in [0.15, 0.2) is 48.5 Å². The van der Waals surface area contributed by atoms with Crippen LogP contribution in [0.5, 0.6) is 0 Å². The summed E-state index contributed by atoms with van der Waals surface area (Å²) >= 11 is 0. The van der Waals surface area contributed by atoms with E-state index in [4.69, 9.17) is 5.11 Å². The molecule has 0 unspecified atom stereocenters. The zero-order chi connectivity index (χ0) is 13.7. The molecule has 0 atom stereocenters. The van der Waals surface area contributed by atoms with Crippen LogP contribution in [0.4, 0.5) is 10.1 Å². The van der Waals surface area contributed by atoms with E-state index >= 15 is 0 Å². The molecule has 0 aliphatic rings. The number of carbonyl (C=O) groups is 1. The average Bonchev–Trinajstić information content (AvgIpc) is 2.41. The lowest BCUT2D eigenvalue weighted by Gasteiger charge is -2.09. The van der Waals surface area contributed by atoms with Crippen molar-refractivity contribution in [2.45, 2.75) is 6.42 Å². The molecule has 98 valence electrons. The molecular weight excluding hydrogens is 245 g/mol. The molecule has 0 amide bonds. The number of hydrogen-bond acceptors (Lipinski definition) is 2. The minimum Gasteiger partial charge on any atom is -0.478 e. The first-order valence-corrected chi connectivity index (χ1v) is 5.97. The second kappa shape index (κ2) is 6.00. The third-order valence-electron chi connectivity index (χ3n) is 2.78. The van der Waals surface area contributed by atoms with Gasteiger partial charge in [-0.05, 0) is 30.2 Å². The predicted molar refractivity (Wildman–Crippen MR) is 72.0 cm³/mol. The third kappa shape index (κ3) is 3.55. The van der Waals surface area contributed by atoms with Crippen molar-refractivity contribution in [1.82, 2.24) is 0 Å². The summed E-state index contributed by atoms with van der Waals surface area (Å²) in [4.78, 5) is 11.0. The van der Waals surface area contributed by atoms with Crippen molar-refractivity contribution in [2.75, 3.05) is 11.9 Å². The van der Waals surface area contributed by atoms with Gasteiger partial charge in [0, 0.05) is 12.2 Å². The van der Waals surface area contributed by atoms with Crippen molar-refractivity contribution in [3.05, 3.63) is 65.5 Å². The molecule has 2 aromatic rings. The molecule has 0 bridgehead atoms. The van der Waals surface area contributed by atoms with Crippen LogP contribution in [0.2, 0.25) is 0 Å². The van der Waals surface area contributed by atoms with Crippen LogP contribution >= 0.6 is 0 Å². The van der Waals surface area contributed by atoms with Gasteiger partial charge in [-0.15, -0.1) is 0 Å². The lowest BCUT2D eigenvalue weighted by molar-refractivity contribution is 0.0697. The van der Waals surface area contributed by atoms with E-state index in [9.17, 15) is 9.18 Å². The van der Waals surface area contributed by atoms with Gasteiger partial charge in [0.2, 0.25) is 0 Å². The molecule has 3 nitrogen and oxygen atoms in total. The van der Waals surface area contributed by atoms with Crippen LogP contribution in [0.25, 0.3) is 0 Å². The van der Waals surface area contributed by atoms with E-state index in [1.807, 2.05) is 30.3 Å². The Bertz CT molecular complexity index is 570. The van der Waals surface area contributed by atoms with Crippen LogP contribution < -0.4 is 5.32 Å². The molecule has 4 heteroatoms. The minimum absolute atomic E-state index is 0.0481. The molecule has 0 spiro atoms. The average molecular weight is 259 g/mol. The molecule has 0 aliphatic heterocycles. The second-order valence-electron chi connectivity index (χ2n) is 4.16. The largest absolute Gasteiger partial charge is 0.478 e. The molecule has 2 N–H and O–H groups in total. The zero-order valence-corrected chi connectivity index (χ0v) is 10.3. The molecule has 0 fully saturated rings. The smallest absolute Gasteiger partial charge is 0.337 e. The van der Waals surface area contributed by atoms with Crippen molar-refractivity contribution in [3.8, 4) is 0 Å². The van der Waals surface area contributed by atoms with E-state index in [0.717, 1.165) is 18.1 Å². The minimum atomic E-state index is -1.14. The van der Waals surface area contributed by atoms with Crippen LogP contribution in [0, 0.1) is 5.82 Å². The number of carboxylic acids is 1. The molecule has 2 rings (SSSR count). The number of rotatable bonds is 5. The van der Waals surface area contributed by atoms with Gasteiger partial charge < -0.3 is 10.4 Å². The monoisotopic (exact) mass is 259 g/mol. The van der Waals surface area contributed by atoms with Crippen molar-refractivity contribution in [2.24, 2.45) is 0 Å². The Morgan fingerprint density at radius 2 is 1.89 bits per heavy atom. The molecule has 0 radical (unpaired) electrons. The number of aromatic carboxylic acids is 1. The van der Waals surface area contributed by atoms with Crippen molar-refractivity contribution >= 4 is 11.7 Å². The van der Waals surface area contributed by atoms with E-state index in [-0.39, 0.29) is 5.56 Å². The van der Waals surface area contributed by atoms with Gasteiger partial charge in [-0.2, -0.15) is 0 Å². The normalized spacial score (nSPS) is 10.2. The Hall–Kier alpha value is -2.36. The summed E-state index contributed by atoms with van der Waals surface area (Å²) in [6.45, 7) is 0.593. The number of halogens is 1. The molecule has 19 heavy (non-hydrogen) atoms. The van der Waals surface area contributed by atoms with Crippen molar-refractivity contribution in [1.29, 1.82) is 0 Å². The molecule has 0 saturated carbocycles. The number of hydrogen-bond donors (Lipinski definition) is 2. The SMILES string of the molecule is O=C(O)c1cc(F)ccc1NCCc1ccccc1. The standard InChI is InChI=1S/C15H14FNO2/c16-12-6-7-14(13(10-12)15(18)19)17-9-8-11-4-2-1-3-5-11/h1-7,10,17H,8-9H2,(H,18,19). The van der Waals surface area contributed by atoms with Crippen LogP contribution in [-0.2, 0) is 6.42 Å². The third-order valence-corrected chi connectivity index (χ3v) is 2.78. The first-order chi connectivity index (χ1) is 9.16. The summed E-state index contributed by atoms with van der Waals surface area (Å²) in [6.07, 6.45) is 0.775. The fourth-order valence-electron chi connectivity index (χ4n) is 1.83. The Kier molecular flexibility index (Phi) is 4.13. The highest BCUT2D eigenvalue weighted by Gasteiger charge is 2.10. The van der Waals surface area contributed by atoms with E-state index in [2.05, 4.69) is 5.32 Å². The van der Waals surface area contributed by atoms with Crippen LogP contribution in [0.1, 0.15) is 15.9 Å². The van der Waals surface area contributed by atoms with Gasteiger partial charge in [0.1, 0.15) is 5.82 Å². The second-order valence-corrected chi connectivity index (χ2v) is 4.16. The van der Waals surface area contributed by atoms with Gasteiger partial charge in [-0.25, -0.2) is 9.18 Å². The fourth-order valence-corrected chi connectivity index (χ4v) is 1.83. The molecular formula is C15H14FNO2. The molecule has 0 heterocycles. The lowest BCUT2D eigenvalue weighted by Crippen LogP contribution is -2.09. The summed E-state index contributed by atoms with van der Waals surface area (Å²) in [6, 6.07) is 13.6. The van der Waals surface area contributed by atoms with Gasteiger partial charge >= 0.3 is 5.97 Å². The molecule has 2 aromatic carbocycles. The van der Waals surface area contributed by atoms with E-state index in [0.29, 0.717) is 12.2 Å². The topological polar surface area (TPSA) is 49.3 Å². The first kappa shape index (κ1) is 13.1. The Morgan fingerprint density at radius 3 is 2.58 bits per heavy atom. The summed E-state index contributed by atoms with van der Waals surface area (Å²) in [5, 5.41) is 12.0. The van der Waals surface area contributed by atoms with Crippen molar-refractivity contribution < 1.29 is 14.3 Å². The Morgan fingerprint density at radius 1 is 1.16 bits per heavy atom. The molecule has 0 aromatic heterocycles. The summed E-state index contributed by atoms with van der Waals surface area (Å²) in [5.41, 5.74) is 1.55. The highest BCUT2D eigenvalue weighted by atomic mass is 19.1. The fraction of sp³-hybridized carbons (Fsp3) is 0.133. The lowest BCUT2D eigenvalue weighted by atomic mass is 10.1. The van der Waals surface area contributed by atoms with Gasteiger partial charge in [0.15, 0.2) is 0 Å². The maximum atomic E-state index is 13.0. The summed E-state index contributed by atoms with van der Waals surface area (Å²) in [7, 11) is 0. The van der Waals surface area contributed by atoms with Gasteiger partial charge in [0.05, 0.1) is 5.56 Å². The van der Waals surface area contributed by atoms with Crippen LogP contribution in [-0.4, -0.2) is 17.6 Å². The quantitative estimate of drug-likeness (QED) is 0.867. The van der Waals surface area contributed by atoms with E-state index in [1.54, 1.807) is 0 Å². The number of anilines is 1. The number of nitrogens with one attached hydrogen (secondary N) is 1. The molecule has 0 aliphatic carbocycles. The van der Waals surface area contributed by atoms with Gasteiger partial charge in [-0.1, -0.05) is 30.3 Å². The first-order valence-electron chi connectivity index (χ1n) is 5.97. The van der Waals surface area contributed by atoms with Gasteiger partial charge in [-0.3, -0.25) is 0 Å². The number of benzene rings is 2. The Labute approximate surface area is 110 Å². The Balaban J connectivity index is 2.02. The summed E-state index contributed by atoms with van der Waals surface area (Å²) < 4.78 is 13.0. The highest BCUT2D eigenvalue weighted by Crippen LogP contribution is 2.17. The highest BCUT2D eigenvalue weighted by molar-refractivity contribution is 5.94. The van der Waals surface area contributed by atoms with E-state index in [1.165, 1.54) is 12.1 Å². The van der Waals surface area contributed by atoms with Gasteiger partial charge in [0.25, 0.3) is 0 Å². The predicted octanol–water partition coefficient (Wildman–Crippen LogP) is 3.18. The van der Waals surface area contributed by atoms with Crippen molar-refractivity contribution in [3.63, 3.8) is 0 Å². The zero-order valence-electron chi connectivity index (χ0n) is 10.3. The summed E-state index contributed by atoms with van der Waals surface area (Å²) in [5.74, 6) is -1.69. The number of carboxylic acid groups (broad SMARTS) is 1. The van der Waals surface area contributed by atoms with E-state index < -0.39 is 11.8 Å². The van der Waals surface area contributed by atoms with Crippen LogP contribution in [0.3, 0.4) is 0 Å².